The maximum Gasteiger partial charge on any atom is 0.220 e. The zero-order valence-electron chi connectivity index (χ0n) is 10.3. The van der Waals surface area contributed by atoms with Gasteiger partial charge in [0.15, 0.2) is 0 Å². The Morgan fingerprint density at radius 3 is 2.31 bits per heavy atom. The third-order valence-electron chi connectivity index (χ3n) is 3.50. The second-order valence-corrected chi connectivity index (χ2v) is 5.21. The highest BCUT2D eigenvalue weighted by Crippen LogP contribution is 2.31. The van der Waals surface area contributed by atoms with Crippen LogP contribution in [0.4, 0.5) is 0 Å². The van der Waals surface area contributed by atoms with Crippen molar-refractivity contribution in [2.75, 3.05) is 6.54 Å². The van der Waals surface area contributed by atoms with E-state index in [0.717, 1.165) is 13.0 Å². The van der Waals surface area contributed by atoms with Gasteiger partial charge in [-0.05, 0) is 25.8 Å². The smallest absolute Gasteiger partial charge is 0.220 e. The molecule has 0 aromatic heterocycles. The molecule has 0 radical (unpaired) electrons. The van der Waals surface area contributed by atoms with Gasteiger partial charge in [0.1, 0.15) is 0 Å². The van der Waals surface area contributed by atoms with Crippen molar-refractivity contribution < 1.29 is 4.79 Å². The molecule has 1 unspecified atom stereocenters. The second kappa shape index (κ2) is 3.93. The number of benzene rings is 1. The van der Waals surface area contributed by atoms with Gasteiger partial charge in [-0.3, -0.25) is 4.79 Å². The summed E-state index contributed by atoms with van der Waals surface area (Å²) in [6.45, 7) is 7.25. The van der Waals surface area contributed by atoms with Crippen LogP contribution < -0.4 is 5.32 Å². The minimum Gasteiger partial charge on any atom is -0.355 e. The molecule has 1 saturated heterocycles. The van der Waals surface area contributed by atoms with Crippen LogP contribution in [0.1, 0.15) is 36.5 Å². The van der Waals surface area contributed by atoms with E-state index in [1.807, 2.05) is 0 Å². The molecule has 0 aliphatic carbocycles. The highest BCUT2D eigenvalue weighted by atomic mass is 16.1. The number of carbonyl (C=O) groups excluding carboxylic acids is 1. The van der Waals surface area contributed by atoms with Gasteiger partial charge in [-0.2, -0.15) is 0 Å². The average molecular weight is 217 g/mol. The van der Waals surface area contributed by atoms with Crippen LogP contribution in [0.3, 0.4) is 0 Å². The molecule has 2 nitrogen and oxygen atoms in total. The number of carbonyl (C=O) groups is 1. The van der Waals surface area contributed by atoms with Gasteiger partial charge >= 0.3 is 0 Å². The first-order chi connectivity index (χ1) is 7.49. The molecule has 1 aromatic rings. The van der Waals surface area contributed by atoms with E-state index >= 15 is 0 Å². The van der Waals surface area contributed by atoms with Crippen LogP contribution in [-0.2, 0) is 10.2 Å². The summed E-state index contributed by atoms with van der Waals surface area (Å²) < 4.78 is 0. The SMILES string of the molecule is Cc1cc(C)cc(C2(C)CCC(=O)NC2)c1. The maximum absolute atomic E-state index is 11.2. The van der Waals surface area contributed by atoms with Crippen molar-refractivity contribution in [1.82, 2.24) is 5.32 Å². The molecule has 1 aliphatic heterocycles. The number of hydrogen-bond acceptors (Lipinski definition) is 1. The van der Waals surface area contributed by atoms with E-state index in [9.17, 15) is 4.79 Å². The summed E-state index contributed by atoms with van der Waals surface area (Å²) in [7, 11) is 0. The van der Waals surface area contributed by atoms with Crippen molar-refractivity contribution in [3.63, 3.8) is 0 Å². The normalized spacial score (nSPS) is 25.3. The van der Waals surface area contributed by atoms with Gasteiger partial charge in [-0.25, -0.2) is 0 Å². The Morgan fingerprint density at radius 2 is 1.81 bits per heavy atom. The fourth-order valence-corrected chi connectivity index (χ4v) is 2.43. The highest BCUT2D eigenvalue weighted by molar-refractivity contribution is 5.77. The van der Waals surface area contributed by atoms with Crippen molar-refractivity contribution >= 4 is 5.91 Å². The predicted octanol–water partition coefficient (Wildman–Crippen LogP) is 2.47. The lowest BCUT2D eigenvalue weighted by molar-refractivity contribution is -0.123. The molecule has 1 N–H and O–H groups in total. The third-order valence-corrected chi connectivity index (χ3v) is 3.50. The molecule has 1 heterocycles. The Hall–Kier alpha value is -1.31. The van der Waals surface area contributed by atoms with Crippen LogP contribution in [0, 0.1) is 13.8 Å². The van der Waals surface area contributed by atoms with E-state index in [2.05, 4.69) is 44.3 Å². The van der Waals surface area contributed by atoms with Crippen molar-refractivity contribution in [3.8, 4) is 0 Å². The van der Waals surface area contributed by atoms with E-state index in [0.29, 0.717) is 6.42 Å². The van der Waals surface area contributed by atoms with Crippen LogP contribution in [0.5, 0.6) is 0 Å². The number of hydrogen-bond donors (Lipinski definition) is 1. The molecule has 2 rings (SSSR count). The summed E-state index contributed by atoms with van der Waals surface area (Å²) >= 11 is 0. The van der Waals surface area contributed by atoms with Gasteiger partial charge in [0, 0.05) is 18.4 Å². The molecular formula is C14H19NO. The van der Waals surface area contributed by atoms with Gasteiger partial charge in [0.05, 0.1) is 0 Å². The second-order valence-electron chi connectivity index (χ2n) is 5.21. The Kier molecular flexibility index (Phi) is 2.75. The average Bonchev–Trinajstić information content (AvgIpc) is 2.21. The summed E-state index contributed by atoms with van der Waals surface area (Å²) in [5, 5.41) is 2.97. The van der Waals surface area contributed by atoms with E-state index < -0.39 is 0 Å². The molecule has 1 fully saturated rings. The minimum absolute atomic E-state index is 0.102. The Morgan fingerprint density at radius 1 is 1.19 bits per heavy atom. The Bertz CT molecular complexity index is 392. The lowest BCUT2D eigenvalue weighted by atomic mass is 9.75. The van der Waals surface area contributed by atoms with Crippen LogP contribution in [0.25, 0.3) is 0 Å². The topological polar surface area (TPSA) is 29.1 Å². The van der Waals surface area contributed by atoms with E-state index in [1.165, 1.54) is 16.7 Å². The number of rotatable bonds is 1. The van der Waals surface area contributed by atoms with Gasteiger partial charge in [-0.15, -0.1) is 0 Å². The minimum atomic E-state index is 0.102. The molecule has 0 saturated carbocycles. The molecule has 16 heavy (non-hydrogen) atoms. The maximum atomic E-state index is 11.2. The first kappa shape index (κ1) is 11.2. The lowest BCUT2D eigenvalue weighted by Gasteiger charge is -2.34. The number of nitrogens with one attached hydrogen (secondary N) is 1. The Balaban J connectivity index is 2.32. The van der Waals surface area contributed by atoms with E-state index in [-0.39, 0.29) is 11.3 Å². The zero-order valence-corrected chi connectivity index (χ0v) is 10.3. The molecule has 1 amide bonds. The summed E-state index contributed by atoms with van der Waals surface area (Å²) in [6, 6.07) is 6.67. The summed E-state index contributed by atoms with van der Waals surface area (Å²) in [5.74, 6) is 0.182. The monoisotopic (exact) mass is 217 g/mol. The molecule has 1 aliphatic rings. The van der Waals surface area contributed by atoms with E-state index in [4.69, 9.17) is 0 Å². The first-order valence-electron chi connectivity index (χ1n) is 5.85. The molecule has 2 heteroatoms. The lowest BCUT2D eigenvalue weighted by Crippen LogP contribution is -2.44. The number of amides is 1. The predicted molar refractivity (Wildman–Crippen MR) is 65.5 cm³/mol. The summed E-state index contributed by atoms with van der Waals surface area (Å²) in [4.78, 5) is 11.2. The van der Waals surface area contributed by atoms with Crippen LogP contribution in [0.2, 0.25) is 0 Å². The highest BCUT2D eigenvalue weighted by Gasteiger charge is 2.31. The largest absolute Gasteiger partial charge is 0.355 e. The first-order valence-corrected chi connectivity index (χ1v) is 5.85. The number of piperidine rings is 1. The standard InChI is InChI=1S/C14H19NO/c1-10-6-11(2)8-12(7-10)14(3)5-4-13(16)15-9-14/h6-8H,4-5,9H2,1-3H3,(H,15,16). The molecular weight excluding hydrogens is 198 g/mol. The molecule has 1 aromatic carbocycles. The fraction of sp³-hybridized carbons (Fsp3) is 0.500. The quantitative estimate of drug-likeness (QED) is 0.769. The van der Waals surface area contributed by atoms with Crippen LogP contribution >= 0.6 is 0 Å². The number of aryl methyl sites for hydroxylation is 2. The molecule has 0 bridgehead atoms. The van der Waals surface area contributed by atoms with Crippen LogP contribution in [0.15, 0.2) is 18.2 Å². The van der Waals surface area contributed by atoms with Crippen LogP contribution in [-0.4, -0.2) is 12.5 Å². The third kappa shape index (κ3) is 2.11. The van der Waals surface area contributed by atoms with E-state index in [1.54, 1.807) is 0 Å². The van der Waals surface area contributed by atoms with Gasteiger partial charge in [0.2, 0.25) is 5.91 Å². The molecule has 86 valence electrons. The van der Waals surface area contributed by atoms with Crippen molar-refractivity contribution in [2.45, 2.75) is 39.0 Å². The Labute approximate surface area is 97.1 Å². The van der Waals surface area contributed by atoms with Gasteiger partial charge in [0.25, 0.3) is 0 Å². The zero-order chi connectivity index (χ0) is 11.8. The van der Waals surface area contributed by atoms with Crippen molar-refractivity contribution in [2.24, 2.45) is 0 Å². The van der Waals surface area contributed by atoms with Gasteiger partial charge in [-0.1, -0.05) is 36.2 Å². The summed E-state index contributed by atoms with van der Waals surface area (Å²) in [6.07, 6.45) is 1.59. The molecule has 0 spiro atoms. The molecule has 1 atom stereocenters. The summed E-state index contributed by atoms with van der Waals surface area (Å²) in [5.41, 5.74) is 4.05. The fourth-order valence-electron chi connectivity index (χ4n) is 2.43. The van der Waals surface area contributed by atoms with Crippen molar-refractivity contribution in [3.05, 3.63) is 34.9 Å². The van der Waals surface area contributed by atoms with Gasteiger partial charge < -0.3 is 5.32 Å². The van der Waals surface area contributed by atoms with Crippen molar-refractivity contribution in [1.29, 1.82) is 0 Å².